The molecule has 0 bridgehead atoms. The molecule has 0 saturated carbocycles. The van der Waals surface area contributed by atoms with Gasteiger partial charge in [0.2, 0.25) is 0 Å². The Bertz CT molecular complexity index is 805. The Hall–Kier alpha value is -2.36. The standard InChI is InChI=1S/C17H18FN3/c1-3-9-21-16-10-12(18)7-8-15(16)20-17(21)13-5-4-6-14(19)11(13)2/h4-8,10H,3,9,19H2,1-2H3. The van der Waals surface area contributed by atoms with Gasteiger partial charge in [-0.3, -0.25) is 0 Å². The van der Waals surface area contributed by atoms with E-state index >= 15 is 0 Å². The monoisotopic (exact) mass is 283 g/mol. The van der Waals surface area contributed by atoms with E-state index in [4.69, 9.17) is 5.73 Å². The van der Waals surface area contributed by atoms with Crippen LogP contribution in [0, 0.1) is 12.7 Å². The van der Waals surface area contributed by atoms with E-state index in [2.05, 4.69) is 16.5 Å². The van der Waals surface area contributed by atoms with Crippen LogP contribution in [-0.2, 0) is 6.54 Å². The number of nitrogens with zero attached hydrogens (tertiary/aromatic N) is 2. The van der Waals surface area contributed by atoms with Crippen molar-refractivity contribution in [1.29, 1.82) is 0 Å². The van der Waals surface area contributed by atoms with Crippen molar-refractivity contribution >= 4 is 16.7 Å². The van der Waals surface area contributed by atoms with Crippen LogP contribution in [0.15, 0.2) is 36.4 Å². The number of hydrogen-bond donors (Lipinski definition) is 1. The van der Waals surface area contributed by atoms with Gasteiger partial charge in [0.25, 0.3) is 0 Å². The van der Waals surface area contributed by atoms with Crippen LogP contribution in [0.2, 0.25) is 0 Å². The average Bonchev–Trinajstić information content (AvgIpc) is 2.81. The van der Waals surface area contributed by atoms with Gasteiger partial charge in [-0.1, -0.05) is 19.1 Å². The van der Waals surface area contributed by atoms with Gasteiger partial charge >= 0.3 is 0 Å². The number of halogens is 1. The molecule has 3 aromatic rings. The first-order valence-electron chi connectivity index (χ1n) is 7.13. The fourth-order valence-corrected chi connectivity index (χ4v) is 2.65. The number of imidazole rings is 1. The third kappa shape index (κ3) is 2.27. The molecule has 0 aliphatic carbocycles. The zero-order chi connectivity index (χ0) is 15.0. The van der Waals surface area contributed by atoms with Crippen molar-refractivity contribution in [3.63, 3.8) is 0 Å². The molecule has 3 rings (SSSR count). The number of aromatic nitrogens is 2. The smallest absolute Gasteiger partial charge is 0.141 e. The van der Waals surface area contributed by atoms with E-state index in [0.717, 1.165) is 46.6 Å². The lowest BCUT2D eigenvalue weighted by atomic mass is 10.1. The number of hydrogen-bond acceptors (Lipinski definition) is 2. The van der Waals surface area contributed by atoms with Gasteiger partial charge in [0.05, 0.1) is 11.0 Å². The highest BCUT2D eigenvalue weighted by molar-refractivity contribution is 5.82. The number of anilines is 1. The second-order valence-electron chi connectivity index (χ2n) is 5.24. The van der Waals surface area contributed by atoms with Gasteiger partial charge in [-0.2, -0.15) is 0 Å². The lowest BCUT2D eigenvalue weighted by Crippen LogP contribution is -2.02. The summed E-state index contributed by atoms with van der Waals surface area (Å²) in [6.45, 7) is 4.88. The molecular formula is C17H18FN3. The molecule has 0 amide bonds. The summed E-state index contributed by atoms with van der Waals surface area (Å²) < 4.78 is 15.6. The summed E-state index contributed by atoms with van der Waals surface area (Å²) in [4.78, 5) is 4.69. The minimum atomic E-state index is -0.240. The Morgan fingerprint density at radius 2 is 2.05 bits per heavy atom. The maximum absolute atomic E-state index is 13.6. The number of aryl methyl sites for hydroxylation is 1. The van der Waals surface area contributed by atoms with Crippen molar-refractivity contribution < 1.29 is 4.39 Å². The van der Waals surface area contributed by atoms with E-state index in [1.807, 2.05) is 25.1 Å². The van der Waals surface area contributed by atoms with Crippen LogP contribution in [0.3, 0.4) is 0 Å². The molecule has 21 heavy (non-hydrogen) atoms. The zero-order valence-electron chi connectivity index (χ0n) is 12.2. The Labute approximate surface area is 123 Å². The molecule has 0 fully saturated rings. The molecule has 0 aliphatic heterocycles. The minimum Gasteiger partial charge on any atom is -0.398 e. The highest BCUT2D eigenvalue weighted by atomic mass is 19.1. The second-order valence-corrected chi connectivity index (χ2v) is 5.24. The molecule has 108 valence electrons. The first kappa shape index (κ1) is 13.6. The van der Waals surface area contributed by atoms with Gasteiger partial charge < -0.3 is 10.3 Å². The highest BCUT2D eigenvalue weighted by Crippen LogP contribution is 2.30. The van der Waals surface area contributed by atoms with E-state index in [1.165, 1.54) is 6.07 Å². The van der Waals surface area contributed by atoms with Crippen molar-refractivity contribution in [1.82, 2.24) is 9.55 Å². The number of nitrogens with two attached hydrogens (primary N) is 1. The lowest BCUT2D eigenvalue weighted by molar-refractivity contribution is 0.627. The van der Waals surface area contributed by atoms with E-state index in [1.54, 1.807) is 12.1 Å². The number of rotatable bonds is 3. The summed E-state index contributed by atoms with van der Waals surface area (Å²) in [7, 11) is 0. The molecule has 4 heteroatoms. The van der Waals surface area contributed by atoms with Crippen LogP contribution in [0.4, 0.5) is 10.1 Å². The van der Waals surface area contributed by atoms with Crippen LogP contribution < -0.4 is 5.73 Å². The summed E-state index contributed by atoms with van der Waals surface area (Å²) in [5.41, 5.74) is 10.4. The van der Waals surface area contributed by atoms with Crippen LogP contribution in [-0.4, -0.2) is 9.55 Å². The van der Waals surface area contributed by atoms with Crippen molar-refractivity contribution in [2.75, 3.05) is 5.73 Å². The third-order valence-corrected chi connectivity index (χ3v) is 3.77. The molecule has 1 heterocycles. The van der Waals surface area contributed by atoms with Crippen LogP contribution >= 0.6 is 0 Å². The molecule has 0 atom stereocenters. The lowest BCUT2D eigenvalue weighted by Gasteiger charge is -2.11. The van der Waals surface area contributed by atoms with Crippen LogP contribution in [0.1, 0.15) is 18.9 Å². The molecular weight excluding hydrogens is 265 g/mol. The SMILES string of the molecule is CCCn1c(-c2cccc(N)c2C)nc2ccc(F)cc21. The molecule has 0 unspecified atom stereocenters. The average molecular weight is 283 g/mol. The van der Waals surface area contributed by atoms with Gasteiger partial charge in [0.1, 0.15) is 11.6 Å². The molecule has 2 aromatic carbocycles. The van der Waals surface area contributed by atoms with Crippen molar-refractivity contribution in [3.8, 4) is 11.4 Å². The Morgan fingerprint density at radius 1 is 1.24 bits per heavy atom. The fraction of sp³-hybridized carbons (Fsp3) is 0.235. The topological polar surface area (TPSA) is 43.8 Å². The molecule has 3 nitrogen and oxygen atoms in total. The molecule has 0 spiro atoms. The van der Waals surface area contributed by atoms with Gasteiger partial charge in [0.15, 0.2) is 0 Å². The van der Waals surface area contributed by atoms with Crippen molar-refractivity contribution in [2.45, 2.75) is 26.8 Å². The molecule has 0 radical (unpaired) electrons. The zero-order valence-corrected chi connectivity index (χ0v) is 12.2. The Balaban J connectivity index is 2.31. The molecule has 1 aromatic heterocycles. The van der Waals surface area contributed by atoms with E-state index in [0.29, 0.717) is 0 Å². The maximum Gasteiger partial charge on any atom is 0.141 e. The normalized spacial score (nSPS) is 11.2. The van der Waals surface area contributed by atoms with Crippen LogP contribution in [0.25, 0.3) is 22.4 Å². The summed E-state index contributed by atoms with van der Waals surface area (Å²) in [6.07, 6.45) is 0.955. The largest absolute Gasteiger partial charge is 0.398 e. The van der Waals surface area contributed by atoms with Crippen molar-refractivity contribution in [3.05, 3.63) is 47.8 Å². The minimum absolute atomic E-state index is 0.240. The second kappa shape index (κ2) is 5.20. The predicted octanol–water partition coefficient (Wildman–Crippen LogP) is 4.14. The number of fused-ring (bicyclic) bond motifs is 1. The quantitative estimate of drug-likeness (QED) is 0.734. The molecule has 0 saturated heterocycles. The van der Waals surface area contributed by atoms with Gasteiger partial charge in [-0.15, -0.1) is 0 Å². The summed E-state index contributed by atoms with van der Waals surface area (Å²) in [5.74, 6) is 0.609. The number of nitrogen functional groups attached to an aromatic ring is 1. The molecule has 0 aliphatic rings. The summed E-state index contributed by atoms with van der Waals surface area (Å²) in [6, 6.07) is 10.5. The van der Waals surface area contributed by atoms with Gasteiger partial charge in [0, 0.05) is 17.8 Å². The molecule has 2 N–H and O–H groups in total. The van der Waals surface area contributed by atoms with Gasteiger partial charge in [-0.25, -0.2) is 9.37 Å². The highest BCUT2D eigenvalue weighted by Gasteiger charge is 2.15. The van der Waals surface area contributed by atoms with Gasteiger partial charge in [-0.05, 0) is 43.2 Å². The Kier molecular flexibility index (Phi) is 3.37. The first-order valence-corrected chi connectivity index (χ1v) is 7.13. The van der Waals surface area contributed by atoms with Crippen molar-refractivity contribution in [2.24, 2.45) is 0 Å². The van der Waals surface area contributed by atoms with E-state index < -0.39 is 0 Å². The third-order valence-electron chi connectivity index (χ3n) is 3.77. The first-order chi connectivity index (χ1) is 10.1. The summed E-state index contributed by atoms with van der Waals surface area (Å²) in [5, 5.41) is 0. The Morgan fingerprint density at radius 3 is 2.81 bits per heavy atom. The van der Waals surface area contributed by atoms with Crippen LogP contribution in [0.5, 0.6) is 0 Å². The maximum atomic E-state index is 13.6. The van der Waals surface area contributed by atoms with E-state index in [-0.39, 0.29) is 5.82 Å². The number of benzene rings is 2. The summed E-state index contributed by atoms with van der Waals surface area (Å²) >= 11 is 0. The fourth-order valence-electron chi connectivity index (χ4n) is 2.65. The predicted molar refractivity (Wildman–Crippen MR) is 84.6 cm³/mol. The van der Waals surface area contributed by atoms with E-state index in [9.17, 15) is 4.39 Å².